The third-order valence-electron chi connectivity index (χ3n) is 3.96. The summed E-state index contributed by atoms with van der Waals surface area (Å²) >= 11 is 0. The molecule has 1 heterocycles. The van der Waals surface area contributed by atoms with E-state index in [1.54, 1.807) is 4.90 Å². The number of benzene rings is 1. The number of hydrogen-bond donors (Lipinski definition) is 1. The van der Waals surface area contributed by atoms with E-state index in [2.05, 4.69) is 0 Å². The summed E-state index contributed by atoms with van der Waals surface area (Å²) < 4.78 is 24.7. The first-order valence-electron chi connectivity index (χ1n) is 8.36. The summed E-state index contributed by atoms with van der Waals surface area (Å²) in [5, 5.41) is 0. The molecule has 2 rings (SSSR count). The predicted octanol–water partition coefficient (Wildman–Crippen LogP) is 2.95. The van der Waals surface area contributed by atoms with Gasteiger partial charge in [-0.25, -0.2) is 9.18 Å². The smallest absolute Gasteiger partial charge is 0.410 e. The highest BCUT2D eigenvalue weighted by molar-refractivity contribution is 5.93. The van der Waals surface area contributed by atoms with Crippen molar-refractivity contribution in [1.82, 2.24) is 4.90 Å². The summed E-state index contributed by atoms with van der Waals surface area (Å²) in [6.07, 6.45) is 1.29. The number of nitrogens with zero attached hydrogens (tertiary/aromatic N) is 1. The van der Waals surface area contributed by atoms with Gasteiger partial charge in [-0.05, 0) is 51.7 Å². The van der Waals surface area contributed by atoms with Crippen LogP contribution in [0.5, 0.6) is 5.75 Å². The standard InChI is InChI=1S/C18H25FN2O4/c1-18(2,3)25-17(23)21-8-6-12(7-9-21)11-24-13-4-5-14(16(20)22)15(19)10-13/h4-5,10,12H,6-9,11H2,1-3H3,(H2,20,22). The van der Waals surface area contributed by atoms with Crippen LogP contribution in [0.1, 0.15) is 44.0 Å². The van der Waals surface area contributed by atoms with Gasteiger partial charge in [0, 0.05) is 19.2 Å². The lowest BCUT2D eigenvalue weighted by Crippen LogP contribution is -2.42. The molecule has 0 atom stereocenters. The number of hydrogen-bond acceptors (Lipinski definition) is 4. The lowest BCUT2D eigenvalue weighted by atomic mass is 9.98. The van der Waals surface area contributed by atoms with Gasteiger partial charge in [0.05, 0.1) is 12.2 Å². The van der Waals surface area contributed by atoms with Crippen LogP contribution in [0.25, 0.3) is 0 Å². The summed E-state index contributed by atoms with van der Waals surface area (Å²) in [7, 11) is 0. The molecule has 2 N–H and O–H groups in total. The Labute approximate surface area is 147 Å². The minimum absolute atomic E-state index is 0.155. The molecule has 0 saturated carbocycles. The third kappa shape index (κ3) is 5.62. The fraction of sp³-hybridized carbons (Fsp3) is 0.556. The maximum Gasteiger partial charge on any atom is 0.410 e. The number of nitrogens with two attached hydrogens (primary N) is 1. The van der Waals surface area contributed by atoms with Crippen LogP contribution in [0.4, 0.5) is 9.18 Å². The lowest BCUT2D eigenvalue weighted by Gasteiger charge is -2.33. The molecule has 0 unspecified atom stereocenters. The number of primary amides is 1. The highest BCUT2D eigenvalue weighted by Gasteiger charge is 2.27. The second kappa shape index (κ2) is 7.72. The van der Waals surface area contributed by atoms with E-state index in [-0.39, 0.29) is 17.6 Å². The van der Waals surface area contributed by atoms with Gasteiger partial charge in [-0.2, -0.15) is 0 Å². The summed E-state index contributed by atoms with van der Waals surface area (Å²) in [4.78, 5) is 24.7. The normalized spacial score (nSPS) is 15.8. The molecule has 0 aromatic heterocycles. The van der Waals surface area contributed by atoms with Crippen molar-refractivity contribution in [3.8, 4) is 5.75 Å². The van der Waals surface area contributed by atoms with Crippen LogP contribution in [-0.4, -0.2) is 42.2 Å². The van der Waals surface area contributed by atoms with Crippen LogP contribution in [0.3, 0.4) is 0 Å². The molecule has 1 aromatic carbocycles. The minimum Gasteiger partial charge on any atom is -0.493 e. The minimum atomic E-state index is -0.807. The molecule has 2 amide bonds. The number of carbonyl (C=O) groups excluding carboxylic acids is 2. The number of rotatable bonds is 4. The Balaban J connectivity index is 1.80. The van der Waals surface area contributed by atoms with Crippen molar-refractivity contribution in [2.45, 2.75) is 39.2 Å². The number of amides is 2. The Morgan fingerprint density at radius 3 is 2.44 bits per heavy atom. The topological polar surface area (TPSA) is 81.9 Å². The quantitative estimate of drug-likeness (QED) is 0.903. The van der Waals surface area contributed by atoms with Gasteiger partial charge < -0.3 is 20.1 Å². The van der Waals surface area contributed by atoms with E-state index < -0.39 is 17.3 Å². The van der Waals surface area contributed by atoms with Gasteiger partial charge >= 0.3 is 6.09 Å². The van der Waals surface area contributed by atoms with Crippen LogP contribution < -0.4 is 10.5 Å². The largest absolute Gasteiger partial charge is 0.493 e. The molecule has 0 spiro atoms. The van der Waals surface area contributed by atoms with E-state index in [1.165, 1.54) is 12.1 Å². The van der Waals surface area contributed by atoms with Crippen molar-refractivity contribution in [3.05, 3.63) is 29.6 Å². The van der Waals surface area contributed by atoms with E-state index in [9.17, 15) is 14.0 Å². The summed E-state index contributed by atoms with van der Waals surface area (Å²) in [5.41, 5.74) is 4.41. The second-order valence-corrected chi connectivity index (χ2v) is 7.23. The Bertz CT molecular complexity index is 634. The van der Waals surface area contributed by atoms with Crippen molar-refractivity contribution in [3.63, 3.8) is 0 Å². The van der Waals surface area contributed by atoms with Gasteiger partial charge in [0.25, 0.3) is 5.91 Å². The van der Waals surface area contributed by atoms with Crippen molar-refractivity contribution >= 4 is 12.0 Å². The summed E-state index contributed by atoms with van der Waals surface area (Å²) in [6, 6.07) is 4.01. The fourth-order valence-corrected chi connectivity index (χ4v) is 2.61. The molecule has 6 nitrogen and oxygen atoms in total. The predicted molar refractivity (Wildman–Crippen MR) is 90.9 cm³/mol. The Kier molecular flexibility index (Phi) is 5.87. The van der Waals surface area contributed by atoms with Crippen LogP contribution in [0.15, 0.2) is 18.2 Å². The Hall–Kier alpha value is -2.31. The van der Waals surface area contributed by atoms with E-state index in [0.717, 1.165) is 18.9 Å². The molecular weight excluding hydrogens is 327 g/mol. The first-order valence-corrected chi connectivity index (χ1v) is 8.36. The molecule has 0 radical (unpaired) electrons. The molecule has 7 heteroatoms. The zero-order valence-corrected chi connectivity index (χ0v) is 14.9. The molecule has 0 aliphatic carbocycles. The molecule has 138 valence electrons. The number of likely N-dealkylation sites (tertiary alicyclic amines) is 1. The van der Waals surface area contributed by atoms with Gasteiger partial charge in [-0.3, -0.25) is 4.79 Å². The van der Waals surface area contributed by atoms with Gasteiger partial charge in [0.15, 0.2) is 0 Å². The number of carbonyl (C=O) groups is 2. The maximum absolute atomic E-state index is 13.7. The van der Waals surface area contributed by atoms with Crippen molar-refractivity contribution in [1.29, 1.82) is 0 Å². The fourth-order valence-electron chi connectivity index (χ4n) is 2.61. The van der Waals surface area contributed by atoms with Gasteiger partial charge in [0.1, 0.15) is 17.2 Å². The average molecular weight is 352 g/mol. The van der Waals surface area contributed by atoms with Crippen molar-refractivity contribution in [2.24, 2.45) is 11.7 Å². The van der Waals surface area contributed by atoms with Crippen LogP contribution in [0, 0.1) is 11.7 Å². The number of halogens is 1. The highest BCUT2D eigenvalue weighted by atomic mass is 19.1. The van der Waals surface area contributed by atoms with E-state index >= 15 is 0 Å². The first kappa shape index (κ1) is 19.0. The average Bonchev–Trinajstić information content (AvgIpc) is 2.51. The van der Waals surface area contributed by atoms with Crippen LogP contribution in [0.2, 0.25) is 0 Å². The number of ether oxygens (including phenoxy) is 2. The van der Waals surface area contributed by atoms with Crippen molar-refractivity contribution in [2.75, 3.05) is 19.7 Å². The van der Waals surface area contributed by atoms with Gasteiger partial charge in [-0.15, -0.1) is 0 Å². The Morgan fingerprint density at radius 2 is 1.92 bits per heavy atom. The molecule has 1 aliphatic heterocycles. The number of piperidine rings is 1. The Morgan fingerprint density at radius 1 is 1.28 bits per heavy atom. The molecule has 1 saturated heterocycles. The van der Waals surface area contributed by atoms with E-state index in [1.807, 2.05) is 20.8 Å². The highest BCUT2D eigenvalue weighted by Crippen LogP contribution is 2.22. The molecule has 25 heavy (non-hydrogen) atoms. The third-order valence-corrected chi connectivity index (χ3v) is 3.96. The molecule has 1 aromatic rings. The summed E-state index contributed by atoms with van der Waals surface area (Å²) in [6.45, 7) is 7.17. The monoisotopic (exact) mass is 352 g/mol. The summed E-state index contributed by atoms with van der Waals surface area (Å²) in [5.74, 6) is -0.863. The zero-order chi connectivity index (χ0) is 18.6. The SMILES string of the molecule is CC(C)(C)OC(=O)N1CCC(COc2ccc(C(N)=O)c(F)c2)CC1. The second-order valence-electron chi connectivity index (χ2n) is 7.23. The van der Waals surface area contributed by atoms with Crippen LogP contribution in [-0.2, 0) is 4.74 Å². The first-order chi connectivity index (χ1) is 11.7. The van der Waals surface area contributed by atoms with Crippen LogP contribution >= 0.6 is 0 Å². The molecular formula is C18H25FN2O4. The lowest BCUT2D eigenvalue weighted by molar-refractivity contribution is 0.0164. The van der Waals surface area contributed by atoms with E-state index in [4.69, 9.17) is 15.2 Å². The van der Waals surface area contributed by atoms with Gasteiger partial charge in [-0.1, -0.05) is 0 Å². The van der Waals surface area contributed by atoms with Gasteiger partial charge in [0.2, 0.25) is 0 Å². The maximum atomic E-state index is 13.7. The molecule has 1 fully saturated rings. The zero-order valence-electron chi connectivity index (χ0n) is 14.9. The molecule has 1 aliphatic rings. The molecule has 0 bridgehead atoms. The van der Waals surface area contributed by atoms with Crippen molar-refractivity contribution < 1.29 is 23.5 Å². The van der Waals surface area contributed by atoms with E-state index in [0.29, 0.717) is 25.4 Å².